The van der Waals surface area contributed by atoms with Crippen molar-refractivity contribution in [2.24, 2.45) is 0 Å². The van der Waals surface area contributed by atoms with Crippen LogP contribution in [-0.4, -0.2) is 22.0 Å². The first-order chi connectivity index (χ1) is 9.47. The number of rotatable bonds is 3. The molecule has 102 valence electrons. The minimum Gasteiger partial charge on any atom is -0.477 e. The Hall–Kier alpha value is -2.47. The van der Waals surface area contributed by atoms with Gasteiger partial charge in [-0.3, -0.25) is 4.79 Å². The van der Waals surface area contributed by atoms with E-state index in [1.165, 1.54) is 24.3 Å². The number of benzene rings is 1. The molecule has 2 N–H and O–H groups in total. The van der Waals surface area contributed by atoms with Crippen molar-refractivity contribution in [3.05, 3.63) is 58.6 Å². The van der Waals surface area contributed by atoms with E-state index in [1.54, 1.807) is 0 Å². The van der Waals surface area contributed by atoms with Crippen molar-refractivity contribution in [3.8, 4) is 0 Å². The zero-order chi connectivity index (χ0) is 14.7. The molecule has 0 bridgehead atoms. The third-order valence-corrected chi connectivity index (χ3v) is 2.71. The lowest BCUT2D eigenvalue weighted by Gasteiger charge is -2.06. The molecule has 20 heavy (non-hydrogen) atoms. The number of carboxylic acids is 1. The van der Waals surface area contributed by atoms with Crippen LogP contribution in [0.1, 0.15) is 20.8 Å². The van der Waals surface area contributed by atoms with Gasteiger partial charge in [-0.15, -0.1) is 0 Å². The second-order valence-electron chi connectivity index (χ2n) is 3.82. The van der Waals surface area contributed by atoms with E-state index in [-0.39, 0.29) is 16.3 Å². The van der Waals surface area contributed by atoms with Crippen LogP contribution in [0.15, 0.2) is 36.5 Å². The largest absolute Gasteiger partial charge is 0.477 e. The van der Waals surface area contributed by atoms with Gasteiger partial charge in [0.15, 0.2) is 0 Å². The lowest BCUT2D eigenvalue weighted by molar-refractivity contribution is 0.0690. The summed E-state index contributed by atoms with van der Waals surface area (Å²) in [5.41, 5.74) is 0.338. The number of nitrogens with zero attached hydrogens (tertiary/aromatic N) is 1. The maximum atomic E-state index is 13.0. The van der Waals surface area contributed by atoms with Crippen LogP contribution < -0.4 is 5.32 Å². The molecular weight excluding hydrogens is 287 g/mol. The molecule has 7 heteroatoms. The summed E-state index contributed by atoms with van der Waals surface area (Å²) < 4.78 is 13.0. The van der Waals surface area contributed by atoms with Crippen molar-refractivity contribution in [1.82, 2.24) is 4.98 Å². The van der Waals surface area contributed by atoms with Crippen molar-refractivity contribution < 1.29 is 19.1 Å². The predicted octanol–water partition coefficient (Wildman–Crippen LogP) is 2.82. The number of halogens is 2. The van der Waals surface area contributed by atoms with E-state index in [0.717, 1.165) is 12.3 Å². The van der Waals surface area contributed by atoms with Crippen LogP contribution in [0.5, 0.6) is 0 Å². The minimum atomic E-state index is -1.18. The van der Waals surface area contributed by atoms with Gasteiger partial charge in [0.1, 0.15) is 11.5 Å². The molecule has 0 spiro atoms. The molecule has 0 aliphatic rings. The van der Waals surface area contributed by atoms with E-state index in [0.29, 0.717) is 5.69 Å². The monoisotopic (exact) mass is 294 g/mol. The maximum absolute atomic E-state index is 13.0. The number of amides is 1. The Morgan fingerprint density at radius 1 is 1.25 bits per heavy atom. The summed E-state index contributed by atoms with van der Waals surface area (Å²) in [7, 11) is 0. The van der Waals surface area contributed by atoms with Crippen molar-refractivity contribution in [2.75, 3.05) is 5.32 Å². The van der Waals surface area contributed by atoms with Crippen LogP contribution in [0.2, 0.25) is 5.02 Å². The number of hydrogen-bond acceptors (Lipinski definition) is 3. The highest BCUT2D eigenvalue weighted by atomic mass is 35.5. The minimum absolute atomic E-state index is 0.109. The standard InChI is InChI=1S/C13H8ClFN2O3/c14-9-5-8(2-3-10(9)15)17-12(18)7-1-4-11(13(19)20)16-6-7/h1-6H,(H,17,18)(H,19,20). The van der Waals surface area contributed by atoms with Gasteiger partial charge in [0, 0.05) is 11.9 Å². The first kappa shape index (κ1) is 14.0. The van der Waals surface area contributed by atoms with Crippen LogP contribution in [0.4, 0.5) is 10.1 Å². The smallest absolute Gasteiger partial charge is 0.354 e. The zero-order valence-corrected chi connectivity index (χ0v) is 10.7. The van der Waals surface area contributed by atoms with Crippen LogP contribution >= 0.6 is 11.6 Å². The quantitative estimate of drug-likeness (QED) is 0.912. The van der Waals surface area contributed by atoms with Gasteiger partial charge < -0.3 is 10.4 Å². The van der Waals surface area contributed by atoms with Crippen LogP contribution in [0.25, 0.3) is 0 Å². The molecule has 0 fully saturated rings. The van der Waals surface area contributed by atoms with E-state index in [9.17, 15) is 14.0 Å². The van der Waals surface area contributed by atoms with Gasteiger partial charge >= 0.3 is 5.97 Å². The molecule has 0 saturated carbocycles. The van der Waals surface area contributed by atoms with Gasteiger partial charge in [-0.1, -0.05) is 11.6 Å². The molecule has 2 aromatic rings. The second kappa shape index (κ2) is 5.66. The summed E-state index contributed by atoms with van der Waals surface area (Å²) in [5, 5.41) is 11.1. The zero-order valence-electron chi connectivity index (χ0n) is 9.93. The lowest BCUT2D eigenvalue weighted by atomic mass is 10.2. The lowest BCUT2D eigenvalue weighted by Crippen LogP contribution is -2.13. The summed E-state index contributed by atoms with van der Waals surface area (Å²) in [6.07, 6.45) is 1.14. The Bertz CT molecular complexity index is 674. The number of pyridine rings is 1. The van der Waals surface area contributed by atoms with E-state index in [4.69, 9.17) is 16.7 Å². The average molecular weight is 295 g/mol. The molecule has 0 aliphatic carbocycles. The third kappa shape index (κ3) is 3.10. The Morgan fingerprint density at radius 3 is 2.55 bits per heavy atom. The second-order valence-corrected chi connectivity index (χ2v) is 4.23. The van der Waals surface area contributed by atoms with E-state index in [1.807, 2.05) is 0 Å². The number of anilines is 1. The van der Waals surface area contributed by atoms with Crippen molar-refractivity contribution in [3.63, 3.8) is 0 Å². The van der Waals surface area contributed by atoms with Crippen LogP contribution in [-0.2, 0) is 0 Å². The van der Waals surface area contributed by atoms with Crippen LogP contribution in [0, 0.1) is 5.82 Å². The molecule has 1 amide bonds. The van der Waals surface area contributed by atoms with Gasteiger partial charge in [0.2, 0.25) is 0 Å². The number of carbonyl (C=O) groups is 2. The molecule has 2 rings (SSSR count). The molecule has 0 radical (unpaired) electrons. The highest BCUT2D eigenvalue weighted by molar-refractivity contribution is 6.31. The summed E-state index contributed by atoms with van der Waals surface area (Å²) >= 11 is 5.60. The number of aromatic carboxylic acids is 1. The first-order valence-corrected chi connectivity index (χ1v) is 5.81. The average Bonchev–Trinajstić information content (AvgIpc) is 2.43. The molecule has 5 nitrogen and oxygen atoms in total. The molecule has 0 atom stereocenters. The molecule has 1 aromatic heterocycles. The Kier molecular flexibility index (Phi) is 3.95. The molecule has 1 aromatic carbocycles. The Balaban J connectivity index is 2.15. The number of nitrogens with one attached hydrogen (secondary N) is 1. The van der Waals surface area contributed by atoms with Gasteiger partial charge in [0.25, 0.3) is 5.91 Å². The first-order valence-electron chi connectivity index (χ1n) is 5.43. The van der Waals surface area contributed by atoms with Gasteiger partial charge in [-0.25, -0.2) is 14.2 Å². The molecule has 0 saturated heterocycles. The fourth-order valence-electron chi connectivity index (χ4n) is 1.43. The highest BCUT2D eigenvalue weighted by Gasteiger charge is 2.10. The number of aromatic nitrogens is 1. The summed E-state index contributed by atoms with van der Waals surface area (Å²) in [6.45, 7) is 0. The maximum Gasteiger partial charge on any atom is 0.354 e. The summed E-state index contributed by atoms with van der Waals surface area (Å²) in [5.74, 6) is -2.27. The van der Waals surface area contributed by atoms with E-state index in [2.05, 4.69) is 10.3 Å². The summed E-state index contributed by atoms with van der Waals surface area (Å²) in [6, 6.07) is 6.31. The third-order valence-electron chi connectivity index (χ3n) is 2.42. The number of hydrogen-bond donors (Lipinski definition) is 2. The van der Waals surface area contributed by atoms with Crippen LogP contribution in [0.3, 0.4) is 0 Å². The fraction of sp³-hybridized carbons (Fsp3) is 0. The van der Waals surface area contributed by atoms with Crippen molar-refractivity contribution in [2.45, 2.75) is 0 Å². The predicted molar refractivity (Wildman–Crippen MR) is 70.6 cm³/mol. The van der Waals surface area contributed by atoms with Gasteiger partial charge in [-0.05, 0) is 30.3 Å². The fourth-order valence-corrected chi connectivity index (χ4v) is 1.61. The number of carboxylic acid groups (broad SMARTS) is 1. The van der Waals surface area contributed by atoms with Crippen molar-refractivity contribution in [1.29, 1.82) is 0 Å². The van der Waals surface area contributed by atoms with Gasteiger partial charge in [0.05, 0.1) is 10.6 Å². The normalized spacial score (nSPS) is 10.1. The molecule has 1 heterocycles. The highest BCUT2D eigenvalue weighted by Crippen LogP contribution is 2.19. The Morgan fingerprint density at radius 2 is 2.00 bits per heavy atom. The molecular formula is C13H8ClFN2O3. The van der Waals surface area contributed by atoms with E-state index >= 15 is 0 Å². The molecule has 0 unspecified atom stereocenters. The molecule has 0 aliphatic heterocycles. The number of carbonyl (C=O) groups excluding carboxylic acids is 1. The topological polar surface area (TPSA) is 79.3 Å². The van der Waals surface area contributed by atoms with Crippen molar-refractivity contribution >= 4 is 29.2 Å². The van der Waals surface area contributed by atoms with E-state index < -0.39 is 17.7 Å². The SMILES string of the molecule is O=C(Nc1ccc(F)c(Cl)c1)c1ccc(C(=O)O)nc1. The summed E-state index contributed by atoms with van der Waals surface area (Å²) in [4.78, 5) is 26.1. The van der Waals surface area contributed by atoms with Gasteiger partial charge in [-0.2, -0.15) is 0 Å². The Labute approximate surface area is 118 Å².